The third-order valence-corrected chi connectivity index (χ3v) is 12.0. The van der Waals surface area contributed by atoms with Gasteiger partial charge in [0.1, 0.15) is 23.5 Å². The van der Waals surface area contributed by atoms with E-state index in [1.54, 1.807) is 0 Å². The van der Waals surface area contributed by atoms with Gasteiger partial charge in [-0.25, -0.2) is 9.97 Å². The monoisotopic (exact) mass is 939 g/mol. The van der Waals surface area contributed by atoms with Gasteiger partial charge in [-0.15, -0.1) is 0 Å². The SMILES string of the molecule is CCCCCCCCOC(=O)CCN(CCCCCC(=O)OC(C)(C)Cn1c(COCC)nc2c(N)nc3ccccc3c21)CCCN(CCC(=O)OC)CCC(=O)OCCCCCCCC. The average Bonchev–Trinajstić information content (AvgIpc) is 3.66. The fourth-order valence-electron chi connectivity index (χ4n) is 8.25. The van der Waals surface area contributed by atoms with Crippen LogP contribution in [-0.4, -0.2) is 120 Å². The average molecular weight is 939 g/mol. The van der Waals surface area contributed by atoms with Crippen LogP contribution in [-0.2, 0) is 56.0 Å². The van der Waals surface area contributed by atoms with E-state index in [1.165, 1.54) is 45.6 Å². The minimum Gasteiger partial charge on any atom is -0.469 e. The van der Waals surface area contributed by atoms with Crippen LogP contribution in [0.25, 0.3) is 21.9 Å². The number of hydrogen-bond acceptors (Lipinski definition) is 14. The van der Waals surface area contributed by atoms with Gasteiger partial charge in [0.05, 0.1) is 57.2 Å². The molecular weight excluding hydrogens is 853 g/mol. The number of aromatic nitrogens is 3. The molecule has 2 aromatic heterocycles. The molecule has 15 nitrogen and oxygen atoms in total. The number of pyridine rings is 1. The lowest BCUT2D eigenvalue weighted by Gasteiger charge is -2.27. The number of fused-ring (bicyclic) bond motifs is 3. The lowest BCUT2D eigenvalue weighted by molar-refractivity contribution is -0.158. The highest BCUT2D eigenvalue weighted by molar-refractivity contribution is 6.06. The third-order valence-electron chi connectivity index (χ3n) is 12.0. The number of nitrogens with zero attached hydrogens (tertiary/aromatic N) is 5. The Morgan fingerprint density at radius 2 is 1.16 bits per heavy atom. The molecule has 0 saturated heterocycles. The number of imidazole rings is 1. The van der Waals surface area contributed by atoms with Crippen LogP contribution >= 0.6 is 0 Å². The van der Waals surface area contributed by atoms with Crippen molar-refractivity contribution < 1.29 is 42.9 Å². The maximum atomic E-state index is 13.3. The van der Waals surface area contributed by atoms with E-state index in [-0.39, 0.29) is 49.7 Å². The molecule has 2 heterocycles. The van der Waals surface area contributed by atoms with Crippen molar-refractivity contribution in [1.29, 1.82) is 0 Å². The summed E-state index contributed by atoms with van der Waals surface area (Å²) < 4.78 is 29.9. The van der Waals surface area contributed by atoms with Gasteiger partial charge in [0, 0.05) is 38.0 Å². The standard InChI is InChI=1S/C52H86N6O9/c1-7-10-12-14-16-23-38-65-46(60)30-36-56(33-25-34-57(35-29-45(59)63-6)37-31-47(61)66-39-24-17-15-13-11-8-2)32-22-18-19-28-48(62)67-52(4,5)41-58-44(40-64-9-3)55-49-50(58)42-26-20-21-27-43(42)54-51(49)53/h20-21,26-27H,7-19,22-25,28-41H2,1-6H3,(H2,53,54). The van der Waals surface area contributed by atoms with E-state index in [4.69, 9.17) is 34.4 Å². The Morgan fingerprint density at radius 3 is 1.76 bits per heavy atom. The van der Waals surface area contributed by atoms with Crippen molar-refractivity contribution in [2.45, 2.75) is 182 Å². The van der Waals surface area contributed by atoms with Crippen molar-refractivity contribution in [3.8, 4) is 0 Å². The topological polar surface area (TPSA) is 178 Å². The van der Waals surface area contributed by atoms with Crippen LogP contribution in [0.1, 0.15) is 169 Å². The summed E-state index contributed by atoms with van der Waals surface area (Å²) in [6.07, 6.45) is 17.7. The van der Waals surface area contributed by atoms with Crippen LogP contribution in [0, 0.1) is 0 Å². The minimum atomic E-state index is -0.857. The number of nitrogen functional groups attached to an aromatic ring is 1. The number of hydrogen-bond donors (Lipinski definition) is 1. The summed E-state index contributed by atoms with van der Waals surface area (Å²) in [6.45, 7) is 15.9. The number of esters is 4. The van der Waals surface area contributed by atoms with Gasteiger partial charge < -0.3 is 43.8 Å². The lowest BCUT2D eigenvalue weighted by atomic mass is 10.1. The fraction of sp³-hybridized carbons (Fsp3) is 0.731. The van der Waals surface area contributed by atoms with Gasteiger partial charge in [-0.05, 0) is 78.6 Å². The fourth-order valence-corrected chi connectivity index (χ4v) is 8.25. The third kappa shape index (κ3) is 23.0. The van der Waals surface area contributed by atoms with E-state index in [9.17, 15) is 19.2 Å². The second kappa shape index (κ2) is 33.2. The number of carbonyl (C=O) groups is 4. The number of methoxy groups -OCH3 is 1. The molecular formula is C52H86N6O9. The molecule has 0 aliphatic heterocycles. The highest BCUT2D eigenvalue weighted by Gasteiger charge is 2.28. The molecule has 67 heavy (non-hydrogen) atoms. The maximum absolute atomic E-state index is 13.3. The summed E-state index contributed by atoms with van der Waals surface area (Å²) in [4.78, 5) is 64.6. The first-order valence-electron chi connectivity index (χ1n) is 25.6. The Hall–Kier alpha value is -4.34. The van der Waals surface area contributed by atoms with Crippen molar-refractivity contribution in [1.82, 2.24) is 24.3 Å². The Morgan fingerprint density at radius 1 is 0.627 bits per heavy atom. The molecule has 0 spiro atoms. The predicted molar refractivity (Wildman–Crippen MR) is 265 cm³/mol. The van der Waals surface area contributed by atoms with Crippen LogP contribution in [0.15, 0.2) is 24.3 Å². The van der Waals surface area contributed by atoms with Gasteiger partial charge in [0.15, 0.2) is 5.82 Å². The molecule has 0 aliphatic rings. The van der Waals surface area contributed by atoms with Gasteiger partial charge in [-0.1, -0.05) is 103 Å². The number of para-hydroxylation sites is 1. The largest absolute Gasteiger partial charge is 0.469 e. The molecule has 0 fully saturated rings. The van der Waals surface area contributed by atoms with Crippen LogP contribution in [0.2, 0.25) is 0 Å². The molecule has 2 N–H and O–H groups in total. The van der Waals surface area contributed by atoms with Crippen molar-refractivity contribution in [2.24, 2.45) is 0 Å². The number of ether oxygens (including phenoxy) is 5. The Balaban J connectivity index is 1.55. The van der Waals surface area contributed by atoms with E-state index >= 15 is 0 Å². The quantitative estimate of drug-likeness (QED) is 0.0325. The first-order valence-corrected chi connectivity index (χ1v) is 25.6. The second-order valence-electron chi connectivity index (χ2n) is 18.3. The zero-order valence-corrected chi connectivity index (χ0v) is 42.2. The lowest BCUT2D eigenvalue weighted by Crippen LogP contribution is -2.34. The number of unbranched alkanes of at least 4 members (excludes halogenated alkanes) is 12. The zero-order chi connectivity index (χ0) is 48.7. The molecule has 3 aromatic rings. The number of rotatable bonds is 39. The van der Waals surface area contributed by atoms with Crippen LogP contribution < -0.4 is 5.73 Å². The van der Waals surface area contributed by atoms with Crippen LogP contribution in [0.3, 0.4) is 0 Å². The molecule has 1 aromatic carbocycles. The predicted octanol–water partition coefficient (Wildman–Crippen LogP) is 9.73. The van der Waals surface area contributed by atoms with Crippen LogP contribution in [0.4, 0.5) is 5.82 Å². The summed E-state index contributed by atoms with van der Waals surface area (Å²) in [5.41, 5.74) is 7.73. The molecule has 0 radical (unpaired) electrons. The molecule has 0 bridgehead atoms. The molecule has 0 saturated carbocycles. The van der Waals surface area contributed by atoms with Crippen molar-refractivity contribution in [2.75, 3.05) is 71.9 Å². The first kappa shape index (κ1) is 57.0. The van der Waals surface area contributed by atoms with Gasteiger partial charge in [0.2, 0.25) is 0 Å². The summed E-state index contributed by atoms with van der Waals surface area (Å²) in [5, 5.41) is 0.912. The highest BCUT2D eigenvalue weighted by atomic mass is 16.6. The Kier molecular flexibility index (Phi) is 28.2. The normalized spacial score (nSPS) is 11.8. The molecule has 378 valence electrons. The number of carbonyl (C=O) groups excluding carboxylic acids is 4. The number of nitrogens with two attached hydrogens (primary N) is 1. The van der Waals surface area contributed by atoms with E-state index in [0.29, 0.717) is 82.5 Å². The van der Waals surface area contributed by atoms with Crippen molar-refractivity contribution in [3.63, 3.8) is 0 Å². The number of benzene rings is 1. The van der Waals surface area contributed by atoms with E-state index in [2.05, 4.69) is 28.6 Å². The number of anilines is 1. The molecule has 15 heteroatoms. The smallest absolute Gasteiger partial charge is 0.307 e. The summed E-state index contributed by atoms with van der Waals surface area (Å²) in [6, 6.07) is 7.80. The molecule has 0 atom stereocenters. The van der Waals surface area contributed by atoms with Gasteiger partial charge in [-0.3, -0.25) is 19.2 Å². The summed E-state index contributed by atoms with van der Waals surface area (Å²) in [5.74, 6) is 0.0577. The van der Waals surface area contributed by atoms with Crippen molar-refractivity contribution in [3.05, 3.63) is 30.1 Å². The van der Waals surface area contributed by atoms with Crippen molar-refractivity contribution >= 4 is 51.6 Å². The Bertz CT molecular complexity index is 1880. The second-order valence-corrected chi connectivity index (χ2v) is 18.3. The van der Waals surface area contributed by atoms with Crippen LogP contribution in [0.5, 0.6) is 0 Å². The molecule has 0 aliphatic carbocycles. The van der Waals surface area contributed by atoms with Gasteiger partial charge >= 0.3 is 23.9 Å². The molecule has 0 unspecified atom stereocenters. The highest BCUT2D eigenvalue weighted by Crippen LogP contribution is 2.31. The molecule has 0 amide bonds. The van der Waals surface area contributed by atoms with E-state index in [1.807, 2.05) is 49.6 Å². The van der Waals surface area contributed by atoms with Gasteiger partial charge in [0.25, 0.3) is 0 Å². The maximum Gasteiger partial charge on any atom is 0.307 e. The van der Waals surface area contributed by atoms with E-state index < -0.39 is 5.60 Å². The summed E-state index contributed by atoms with van der Waals surface area (Å²) >= 11 is 0. The minimum absolute atomic E-state index is 0.190. The first-order chi connectivity index (χ1) is 32.4. The van der Waals surface area contributed by atoms with Gasteiger partial charge in [-0.2, -0.15) is 0 Å². The Labute approximate surface area is 401 Å². The van der Waals surface area contributed by atoms with E-state index in [0.717, 1.165) is 87.3 Å². The zero-order valence-electron chi connectivity index (χ0n) is 42.2. The molecule has 3 rings (SSSR count). The summed E-state index contributed by atoms with van der Waals surface area (Å²) in [7, 11) is 1.38.